The van der Waals surface area contributed by atoms with Crippen LogP contribution in [0.1, 0.15) is 20.9 Å². The van der Waals surface area contributed by atoms with Crippen LogP contribution in [0, 0.1) is 0 Å². The molecule has 8 heteroatoms. The normalized spacial score (nSPS) is 10.0. The quantitative estimate of drug-likeness (QED) is 0.850. The highest BCUT2D eigenvalue weighted by Crippen LogP contribution is 2.34. The molecule has 0 spiro atoms. The van der Waals surface area contributed by atoms with Gasteiger partial charge in [-0.05, 0) is 12.1 Å². The number of carbonyl (C=O) groups is 2. The highest BCUT2D eigenvalue weighted by Gasteiger charge is 2.18. The zero-order valence-corrected chi connectivity index (χ0v) is 11.3. The van der Waals surface area contributed by atoms with Gasteiger partial charge >= 0.3 is 5.91 Å². The number of hydrogen-bond donors (Lipinski definition) is 2. The van der Waals surface area contributed by atoms with Crippen molar-refractivity contribution < 1.29 is 18.7 Å². The van der Waals surface area contributed by atoms with Crippen molar-refractivity contribution in [2.24, 2.45) is 0 Å². The summed E-state index contributed by atoms with van der Waals surface area (Å²) >= 11 is 7.01. The number of carbonyl (C=O) groups excluding carboxylic acids is 2. The summed E-state index contributed by atoms with van der Waals surface area (Å²) in [7, 11) is 1.41. The number of methoxy groups -OCH3 is 1. The summed E-state index contributed by atoms with van der Waals surface area (Å²) in [5, 5.41) is 1.54. The van der Waals surface area contributed by atoms with Crippen molar-refractivity contribution in [1.82, 2.24) is 10.9 Å². The lowest BCUT2D eigenvalue weighted by Crippen LogP contribution is -2.41. The smallest absolute Gasteiger partial charge is 0.305 e. The minimum Gasteiger partial charge on any atom is -0.493 e. The van der Waals surface area contributed by atoms with Gasteiger partial charge in [0.2, 0.25) is 0 Å². The van der Waals surface area contributed by atoms with E-state index in [2.05, 4.69) is 10.9 Å². The van der Waals surface area contributed by atoms with Crippen LogP contribution in [0.25, 0.3) is 0 Å². The van der Waals surface area contributed by atoms with Crippen molar-refractivity contribution in [1.29, 1.82) is 0 Å². The molecule has 0 saturated heterocycles. The van der Waals surface area contributed by atoms with Crippen LogP contribution in [0.5, 0.6) is 5.75 Å². The third-order valence-corrected chi connectivity index (χ3v) is 3.37. The molecule has 2 heterocycles. The monoisotopic (exact) mass is 300 g/mol. The molecule has 2 aromatic rings. The van der Waals surface area contributed by atoms with E-state index in [0.717, 1.165) is 11.3 Å². The van der Waals surface area contributed by atoms with Gasteiger partial charge in [0.25, 0.3) is 5.91 Å². The molecule has 6 nitrogen and oxygen atoms in total. The third kappa shape index (κ3) is 2.88. The van der Waals surface area contributed by atoms with Crippen molar-refractivity contribution in [3.8, 4) is 5.75 Å². The first-order chi connectivity index (χ1) is 9.13. The lowest BCUT2D eigenvalue weighted by atomic mass is 10.3. The SMILES string of the molecule is COc1c(C(=O)NNC(=O)c2ccco2)csc1Cl. The molecule has 0 bridgehead atoms. The fraction of sp³-hybridized carbons (Fsp3) is 0.0909. The predicted molar refractivity (Wildman–Crippen MR) is 69.5 cm³/mol. The maximum atomic E-state index is 11.8. The van der Waals surface area contributed by atoms with E-state index in [1.165, 1.54) is 24.8 Å². The molecule has 2 N–H and O–H groups in total. The van der Waals surface area contributed by atoms with Crippen LogP contribution in [-0.4, -0.2) is 18.9 Å². The van der Waals surface area contributed by atoms with Gasteiger partial charge in [0, 0.05) is 5.38 Å². The molecular formula is C11H9ClN2O4S. The Hall–Kier alpha value is -1.99. The van der Waals surface area contributed by atoms with Crippen LogP contribution in [0.3, 0.4) is 0 Å². The van der Waals surface area contributed by atoms with Gasteiger partial charge in [0.15, 0.2) is 11.5 Å². The number of nitrogens with one attached hydrogen (secondary N) is 2. The third-order valence-electron chi connectivity index (χ3n) is 2.19. The van der Waals surface area contributed by atoms with Crippen molar-refractivity contribution in [3.63, 3.8) is 0 Å². The van der Waals surface area contributed by atoms with E-state index < -0.39 is 11.8 Å². The number of hydrazine groups is 1. The van der Waals surface area contributed by atoms with Gasteiger partial charge in [-0.3, -0.25) is 20.4 Å². The van der Waals surface area contributed by atoms with Crippen molar-refractivity contribution in [2.75, 3.05) is 7.11 Å². The van der Waals surface area contributed by atoms with E-state index in [1.54, 1.807) is 6.07 Å². The Kier molecular flexibility index (Phi) is 4.08. The van der Waals surface area contributed by atoms with E-state index in [1.807, 2.05) is 0 Å². The summed E-state index contributed by atoms with van der Waals surface area (Å²) in [6, 6.07) is 3.04. The number of hydrogen-bond acceptors (Lipinski definition) is 5. The minimum atomic E-state index is -0.557. The van der Waals surface area contributed by atoms with Crippen LogP contribution in [0.4, 0.5) is 0 Å². The molecule has 0 atom stereocenters. The maximum Gasteiger partial charge on any atom is 0.305 e. The lowest BCUT2D eigenvalue weighted by Gasteiger charge is -2.06. The van der Waals surface area contributed by atoms with Crippen LogP contribution < -0.4 is 15.6 Å². The zero-order valence-electron chi connectivity index (χ0n) is 9.73. The minimum absolute atomic E-state index is 0.0932. The fourth-order valence-corrected chi connectivity index (χ4v) is 2.37. The second kappa shape index (κ2) is 5.77. The van der Waals surface area contributed by atoms with Gasteiger partial charge in [-0.25, -0.2) is 0 Å². The Morgan fingerprint density at radius 1 is 1.37 bits per heavy atom. The van der Waals surface area contributed by atoms with E-state index in [4.69, 9.17) is 20.8 Å². The average molecular weight is 301 g/mol. The highest BCUT2D eigenvalue weighted by molar-refractivity contribution is 7.15. The Morgan fingerprint density at radius 3 is 2.74 bits per heavy atom. The molecule has 0 aliphatic rings. The van der Waals surface area contributed by atoms with Crippen LogP contribution in [-0.2, 0) is 0 Å². The molecule has 0 aliphatic carbocycles. The van der Waals surface area contributed by atoms with E-state index in [9.17, 15) is 9.59 Å². The summed E-state index contributed by atoms with van der Waals surface area (Å²) in [6.45, 7) is 0. The average Bonchev–Trinajstić information content (AvgIpc) is 3.04. The molecule has 0 aliphatic heterocycles. The van der Waals surface area contributed by atoms with E-state index >= 15 is 0 Å². The molecule has 2 aromatic heterocycles. The Labute approximate surface area is 117 Å². The maximum absolute atomic E-state index is 11.8. The van der Waals surface area contributed by atoms with Gasteiger partial charge in [0.05, 0.1) is 18.9 Å². The van der Waals surface area contributed by atoms with Crippen molar-refractivity contribution in [3.05, 3.63) is 39.4 Å². The first-order valence-electron chi connectivity index (χ1n) is 5.08. The van der Waals surface area contributed by atoms with Crippen LogP contribution >= 0.6 is 22.9 Å². The van der Waals surface area contributed by atoms with Gasteiger partial charge in [0.1, 0.15) is 4.34 Å². The molecule has 2 rings (SSSR count). The van der Waals surface area contributed by atoms with E-state index in [-0.39, 0.29) is 17.1 Å². The molecule has 100 valence electrons. The standard InChI is InChI=1S/C11H9ClN2O4S/c1-17-8-6(5-19-9(8)12)10(15)13-14-11(16)7-3-2-4-18-7/h2-5H,1H3,(H,13,15)(H,14,16). The highest BCUT2D eigenvalue weighted by atomic mass is 35.5. The molecule has 19 heavy (non-hydrogen) atoms. The van der Waals surface area contributed by atoms with Crippen LogP contribution in [0.2, 0.25) is 4.34 Å². The van der Waals surface area contributed by atoms with Crippen LogP contribution in [0.15, 0.2) is 28.2 Å². The molecule has 0 fully saturated rings. The summed E-state index contributed by atoms with van der Waals surface area (Å²) in [4.78, 5) is 23.4. The molecular weight excluding hydrogens is 292 g/mol. The van der Waals surface area contributed by atoms with E-state index in [0.29, 0.717) is 4.34 Å². The Morgan fingerprint density at radius 2 is 2.11 bits per heavy atom. The van der Waals surface area contributed by atoms with Crippen molar-refractivity contribution in [2.45, 2.75) is 0 Å². The number of amides is 2. The molecule has 0 unspecified atom stereocenters. The fourth-order valence-electron chi connectivity index (χ4n) is 1.32. The molecule has 0 saturated carbocycles. The largest absolute Gasteiger partial charge is 0.493 e. The second-order valence-electron chi connectivity index (χ2n) is 3.34. The molecule has 0 aromatic carbocycles. The van der Waals surface area contributed by atoms with Crippen molar-refractivity contribution >= 4 is 34.8 Å². The zero-order chi connectivity index (χ0) is 13.8. The molecule has 2 amide bonds. The Balaban J connectivity index is 2.00. The first-order valence-corrected chi connectivity index (χ1v) is 6.34. The number of rotatable bonds is 3. The van der Waals surface area contributed by atoms with Gasteiger partial charge in [-0.2, -0.15) is 0 Å². The summed E-state index contributed by atoms with van der Waals surface area (Å²) in [6.07, 6.45) is 1.36. The number of thiophene rings is 1. The lowest BCUT2D eigenvalue weighted by molar-refractivity contribution is 0.0829. The van der Waals surface area contributed by atoms with Gasteiger partial charge < -0.3 is 9.15 Å². The Bertz CT molecular complexity index is 594. The predicted octanol–water partition coefficient (Wildman–Crippen LogP) is 2.08. The second-order valence-corrected chi connectivity index (χ2v) is 4.82. The van der Waals surface area contributed by atoms with Gasteiger partial charge in [-0.15, -0.1) is 11.3 Å². The number of halogens is 1. The first kappa shape index (κ1) is 13.4. The summed E-state index contributed by atoms with van der Waals surface area (Å²) in [5.74, 6) is -0.717. The summed E-state index contributed by atoms with van der Waals surface area (Å²) < 4.78 is 10.2. The molecule has 0 radical (unpaired) electrons. The number of furan rings is 1. The summed E-state index contributed by atoms with van der Waals surface area (Å²) in [5.41, 5.74) is 4.71. The number of ether oxygens (including phenoxy) is 1. The van der Waals surface area contributed by atoms with Gasteiger partial charge in [-0.1, -0.05) is 11.6 Å². The topological polar surface area (TPSA) is 80.6 Å².